The van der Waals surface area contributed by atoms with Crippen molar-refractivity contribution in [2.75, 3.05) is 0 Å². The topological polar surface area (TPSA) is 52.6 Å². The van der Waals surface area contributed by atoms with Gasteiger partial charge in [-0.2, -0.15) is 0 Å². The third-order valence-electron chi connectivity index (χ3n) is 13.8. The SMILES string of the molecule is Cc1ccc2c(c1)C(c1cc(F)c(F)c(F)c1)=c1cc3c(cc1-2)=c1ccc(OC(F)(F)F)cc1=C3c1cc(F)c(F)c(F)c1.Cc1ccc2c(c1)c(=O)c1cc3c(=O)c4cc(OC(F)(F)F)ccc4c3cc12.Fc1cc(Br)cc(F)c1F. The second kappa shape index (κ2) is 20.0. The Morgan fingerprint density at radius 2 is 0.756 bits per heavy atom. The lowest BCUT2D eigenvalue weighted by molar-refractivity contribution is -0.275. The molecule has 20 heteroatoms. The Labute approximate surface area is 458 Å². The number of aryl methyl sites for hydroxylation is 2. The van der Waals surface area contributed by atoms with Gasteiger partial charge in [0.2, 0.25) is 0 Å². The standard InChI is InChI=1S/C34H15F9O.C22H11F3O3.C6H2BrF3/c1-14-2-4-18-20-12-21-19-5-3-17(44-34(41,42)43)11-23(19)31(16-9-28(37)33(40)29(38)10-16)25(21)13-24(20)30(22(18)6-14)15-7-26(35)32(39)27(36)8-15;1-10-2-4-12-14-8-15-13-5-3-11(28-22(23,24)25)7-17(13)21(27)19(15)9-18(14)20(26)16(12)6-10;7-3-1-4(8)6(10)5(9)2-3/h2-13H,1H3;2-9H,1H3;1-2H. The Kier molecular flexibility index (Phi) is 13.4. The number of ether oxygens (including phenoxy) is 2. The monoisotopic (exact) mass is 1200 g/mol. The highest BCUT2D eigenvalue weighted by Gasteiger charge is 2.33. The highest BCUT2D eigenvalue weighted by molar-refractivity contribution is 9.10. The van der Waals surface area contributed by atoms with E-state index in [0.717, 1.165) is 76.5 Å². The van der Waals surface area contributed by atoms with Crippen molar-refractivity contribution in [2.24, 2.45) is 0 Å². The maximum atomic E-state index is 14.5. The summed E-state index contributed by atoms with van der Waals surface area (Å²) in [5.74, 6) is -14.1. The normalized spacial score (nSPS) is 12.6. The van der Waals surface area contributed by atoms with Crippen molar-refractivity contribution < 1.29 is 75.3 Å². The lowest BCUT2D eigenvalue weighted by Crippen LogP contribution is -2.18. The van der Waals surface area contributed by atoms with Crippen molar-refractivity contribution in [3.05, 3.63) is 265 Å². The van der Waals surface area contributed by atoms with Gasteiger partial charge in [0.1, 0.15) is 11.5 Å². The molecule has 0 saturated heterocycles. The lowest BCUT2D eigenvalue weighted by atomic mass is 9.94. The average molecular weight is 1200 g/mol. The predicted octanol–water partition coefficient (Wildman–Crippen LogP) is 15.8. The second-order valence-corrected chi connectivity index (χ2v) is 20.0. The second-order valence-electron chi connectivity index (χ2n) is 19.1. The molecule has 2 aliphatic carbocycles. The van der Waals surface area contributed by atoms with Gasteiger partial charge in [-0.3, -0.25) is 9.59 Å². The van der Waals surface area contributed by atoms with Crippen LogP contribution in [0.4, 0.5) is 65.9 Å². The smallest absolute Gasteiger partial charge is 0.406 e. The Bertz CT molecular complexity index is 4860. The van der Waals surface area contributed by atoms with E-state index in [0.29, 0.717) is 70.4 Å². The summed E-state index contributed by atoms with van der Waals surface area (Å²) in [5.41, 5.74) is 3.63. The molecule has 0 fully saturated rings. The number of fused-ring (bicyclic) bond motifs is 11. The van der Waals surface area contributed by atoms with Gasteiger partial charge in [0.15, 0.2) is 63.2 Å². The van der Waals surface area contributed by atoms with Crippen molar-refractivity contribution in [1.29, 1.82) is 0 Å². The van der Waals surface area contributed by atoms with Gasteiger partial charge in [0.05, 0.1) is 0 Å². The van der Waals surface area contributed by atoms with Gasteiger partial charge in [-0.1, -0.05) is 63.5 Å². The summed E-state index contributed by atoms with van der Waals surface area (Å²) in [5, 5.41) is 5.58. The fourth-order valence-electron chi connectivity index (χ4n) is 10.5. The van der Waals surface area contributed by atoms with Crippen LogP contribution in [-0.4, -0.2) is 12.7 Å². The molecule has 0 N–H and O–H groups in total. The summed E-state index contributed by atoms with van der Waals surface area (Å²) >= 11 is 2.80. The van der Waals surface area contributed by atoms with E-state index in [-0.39, 0.29) is 37.2 Å². The molecule has 13 rings (SSSR count). The maximum absolute atomic E-state index is 14.5. The van der Waals surface area contributed by atoms with Crippen LogP contribution in [0.5, 0.6) is 11.5 Å². The molecule has 0 spiro atoms. The molecule has 4 nitrogen and oxygen atoms in total. The molecule has 0 aliphatic heterocycles. The van der Waals surface area contributed by atoms with E-state index in [9.17, 15) is 75.4 Å². The molecule has 82 heavy (non-hydrogen) atoms. The molecule has 412 valence electrons. The first-order chi connectivity index (χ1) is 38.6. The van der Waals surface area contributed by atoms with E-state index >= 15 is 0 Å². The fourth-order valence-corrected chi connectivity index (χ4v) is 10.9. The third-order valence-corrected chi connectivity index (χ3v) is 14.3. The van der Waals surface area contributed by atoms with Crippen molar-refractivity contribution in [3.8, 4) is 22.6 Å². The zero-order valence-electron chi connectivity index (χ0n) is 41.4. The van der Waals surface area contributed by atoms with Crippen LogP contribution in [0, 0.1) is 76.6 Å². The predicted molar refractivity (Wildman–Crippen MR) is 279 cm³/mol. The van der Waals surface area contributed by atoms with Crippen LogP contribution < -0.4 is 30.8 Å². The Morgan fingerprint density at radius 1 is 0.341 bits per heavy atom. The zero-order valence-corrected chi connectivity index (χ0v) is 43.0. The average Bonchev–Trinajstić information content (AvgIpc) is 3.77. The van der Waals surface area contributed by atoms with Gasteiger partial charge in [-0.25, -0.2) is 39.5 Å². The molecule has 0 saturated carbocycles. The molecule has 0 heterocycles. The number of halogens is 16. The molecule has 2 aliphatic rings. The van der Waals surface area contributed by atoms with Crippen molar-refractivity contribution in [1.82, 2.24) is 0 Å². The molecule has 0 radical (unpaired) electrons. The minimum absolute atomic E-state index is 0.0174. The minimum atomic E-state index is -5.03. The zero-order chi connectivity index (χ0) is 58.8. The number of hydrogen-bond acceptors (Lipinski definition) is 4. The van der Waals surface area contributed by atoms with Crippen LogP contribution in [0.1, 0.15) is 33.4 Å². The van der Waals surface area contributed by atoms with E-state index in [2.05, 4.69) is 25.4 Å². The first-order valence-electron chi connectivity index (χ1n) is 24.0. The number of alkyl halides is 6. The first kappa shape index (κ1) is 55.0. The lowest BCUT2D eigenvalue weighted by Gasteiger charge is -2.11. The van der Waals surface area contributed by atoms with E-state index < -0.39 is 82.0 Å². The minimum Gasteiger partial charge on any atom is -0.406 e. The van der Waals surface area contributed by atoms with Crippen LogP contribution in [0.15, 0.2) is 148 Å². The summed E-state index contributed by atoms with van der Waals surface area (Å²) in [6, 6.07) is 29.8. The van der Waals surface area contributed by atoms with Crippen LogP contribution >= 0.6 is 15.9 Å². The van der Waals surface area contributed by atoms with E-state index in [1.165, 1.54) is 18.2 Å². The Hall–Kier alpha value is -8.91. The van der Waals surface area contributed by atoms with Crippen LogP contribution in [-0.2, 0) is 0 Å². The number of hydrogen-bond donors (Lipinski definition) is 0. The Balaban J connectivity index is 0.000000157. The van der Waals surface area contributed by atoms with Gasteiger partial charge in [-0.05, 0) is 198 Å². The summed E-state index contributed by atoms with van der Waals surface area (Å²) in [6.07, 6.45) is -9.86. The van der Waals surface area contributed by atoms with Gasteiger partial charge >= 0.3 is 12.7 Å². The highest BCUT2D eigenvalue weighted by atomic mass is 79.9. The first-order valence-corrected chi connectivity index (χ1v) is 24.8. The van der Waals surface area contributed by atoms with Gasteiger partial charge in [0, 0.05) is 26.0 Å². The van der Waals surface area contributed by atoms with E-state index in [1.807, 2.05) is 38.1 Å². The van der Waals surface area contributed by atoms with E-state index in [4.69, 9.17) is 0 Å². The number of benzene rings is 9. The van der Waals surface area contributed by atoms with Gasteiger partial charge in [-0.15, -0.1) is 26.3 Å². The summed E-state index contributed by atoms with van der Waals surface area (Å²) in [7, 11) is 0. The molecule has 0 unspecified atom stereocenters. The van der Waals surface area contributed by atoms with Crippen molar-refractivity contribution >= 4 is 70.2 Å². The van der Waals surface area contributed by atoms with Gasteiger partial charge in [0.25, 0.3) is 0 Å². The molecule has 11 aromatic carbocycles. The summed E-state index contributed by atoms with van der Waals surface area (Å²) in [6.45, 7) is 3.71. The molecular weight excluding hydrogens is 1170 g/mol. The highest BCUT2D eigenvalue weighted by Crippen LogP contribution is 2.40. The van der Waals surface area contributed by atoms with Crippen LogP contribution in [0.25, 0.3) is 65.4 Å². The Morgan fingerprint density at radius 3 is 1.29 bits per heavy atom. The molecule has 0 atom stereocenters. The number of rotatable bonds is 4. The van der Waals surface area contributed by atoms with Crippen molar-refractivity contribution in [2.45, 2.75) is 26.6 Å². The molecular formula is C62H28BrF15O4. The van der Waals surface area contributed by atoms with Crippen LogP contribution in [0.2, 0.25) is 0 Å². The quantitative estimate of drug-likeness (QED) is 0.100. The molecule has 0 amide bonds. The van der Waals surface area contributed by atoms with Gasteiger partial charge < -0.3 is 9.47 Å². The molecule has 11 aromatic rings. The molecule has 0 aromatic heterocycles. The maximum Gasteiger partial charge on any atom is 0.573 e. The van der Waals surface area contributed by atoms with Crippen molar-refractivity contribution in [3.63, 3.8) is 0 Å². The summed E-state index contributed by atoms with van der Waals surface area (Å²) in [4.78, 5) is 25.6. The third kappa shape index (κ3) is 9.77. The largest absolute Gasteiger partial charge is 0.573 e. The summed E-state index contributed by atoms with van der Waals surface area (Å²) < 4.78 is 207. The van der Waals surface area contributed by atoms with Crippen LogP contribution in [0.3, 0.4) is 0 Å². The fraction of sp³-hybridized carbons (Fsp3) is 0.0645. The molecule has 0 bridgehead atoms. The van der Waals surface area contributed by atoms with E-state index in [1.54, 1.807) is 36.4 Å².